The lowest BCUT2D eigenvalue weighted by molar-refractivity contribution is -0.139. The molecular formula is C29H29N3O5. The van der Waals surface area contributed by atoms with Crippen molar-refractivity contribution in [3.8, 4) is 11.1 Å². The van der Waals surface area contributed by atoms with Crippen molar-refractivity contribution in [3.05, 3.63) is 82.9 Å². The minimum Gasteiger partial charge on any atom is -0.481 e. The quantitative estimate of drug-likeness (QED) is 0.391. The molecule has 0 bridgehead atoms. The number of carboxylic acids is 1. The number of carboxylic acid groups (broad SMARTS) is 1. The van der Waals surface area contributed by atoms with Gasteiger partial charge >= 0.3 is 5.97 Å². The van der Waals surface area contributed by atoms with E-state index in [1.165, 1.54) is 5.56 Å². The average molecular weight is 500 g/mol. The number of nitrogens with zero attached hydrogens (tertiary/aromatic N) is 2. The van der Waals surface area contributed by atoms with Crippen LogP contribution in [0.25, 0.3) is 11.1 Å². The molecule has 0 saturated carbocycles. The molecule has 2 amide bonds. The third-order valence-electron chi connectivity index (χ3n) is 7.07. The maximum absolute atomic E-state index is 13.4. The summed E-state index contributed by atoms with van der Waals surface area (Å²) < 4.78 is 0. The molecule has 0 aromatic heterocycles. The lowest BCUT2D eigenvalue weighted by atomic mass is 9.93. The predicted octanol–water partition coefficient (Wildman–Crippen LogP) is 3.00. The summed E-state index contributed by atoms with van der Waals surface area (Å²) in [7, 11) is 0. The topological polar surface area (TPSA) is 110 Å². The first kappa shape index (κ1) is 24.7. The highest BCUT2D eigenvalue weighted by atomic mass is 16.4. The van der Waals surface area contributed by atoms with E-state index in [9.17, 15) is 19.5 Å². The fourth-order valence-corrected chi connectivity index (χ4v) is 5.30. The Labute approximate surface area is 215 Å². The van der Waals surface area contributed by atoms with Crippen molar-refractivity contribution in [2.24, 2.45) is 0 Å². The van der Waals surface area contributed by atoms with Gasteiger partial charge in [-0.1, -0.05) is 36.4 Å². The van der Waals surface area contributed by atoms with Crippen molar-refractivity contribution in [1.82, 2.24) is 5.32 Å². The summed E-state index contributed by atoms with van der Waals surface area (Å²) in [5.41, 5.74) is 7.97. The first-order chi connectivity index (χ1) is 18.0. The van der Waals surface area contributed by atoms with E-state index in [4.69, 9.17) is 5.11 Å². The zero-order valence-electron chi connectivity index (χ0n) is 20.4. The number of amides is 2. The molecular weight excluding hydrogens is 470 g/mol. The molecule has 190 valence electrons. The van der Waals surface area contributed by atoms with Gasteiger partial charge < -0.3 is 25.3 Å². The zero-order chi connectivity index (χ0) is 25.9. The molecule has 1 unspecified atom stereocenters. The van der Waals surface area contributed by atoms with Crippen LogP contribution in [-0.2, 0) is 29.0 Å². The number of aliphatic hydroxyl groups is 1. The lowest BCUT2D eigenvalue weighted by Crippen LogP contribution is -2.29. The van der Waals surface area contributed by atoms with E-state index in [0.29, 0.717) is 25.2 Å². The molecule has 1 atom stereocenters. The van der Waals surface area contributed by atoms with Crippen LogP contribution in [0.1, 0.15) is 33.5 Å². The normalized spacial score (nSPS) is 14.8. The first-order valence-electron chi connectivity index (χ1n) is 12.4. The summed E-state index contributed by atoms with van der Waals surface area (Å²) >= 11 is 0. The minimum absolute atomic E-state index is 0.0577. The van der Waals surface area contributed by atoms with Crippen LogP contribution in [0.4, 0.5) is 11.4 Å². The Bertz CT molecular complexity index is 1340. The summed E-state index contributed by atoms with van der Waals surface area (Å²) in [5, 5.41) is 21.4. The van der Waals surface area contributed by atoms with Gasteiger partial charge in [-0.25, -0.2) is 0 Å². The Morgan fingerprint density at radius 1 is 0.919 bits per heavy atom. The first-order valence-corrected chi connectivity index (χ1v) is 12.4. The second-order valence-electron chi connectivity index (χ2n) is 9.44. The second kappa shape index (κ2) is 10.5. The predicted molar refractivity (Wildman–Crippen MR) is 141 cm³/mol. The molecule has 8 nitrogen and oxygen atoms in total. The number of hydrogen-bond acceptors (Lipinski definition) is 5. The molecule has 2 aliphatic heterocycles. The smallest absolute Gasteiger partial charge is 0.306 e. The van der Waals surface area contributed by atoms with Gasteiger partial charge in [0.15, 0.2) is 0 Å². The Hall–Kier alpha value is -4.01. The summed E-state index contributed by atoms with van der Waals surface area (Å²) in [5.74, 6) is -1.09. The summed E-state index contributed by atoms with van der Waals surface area (Å²) in [6.07, 6.45) is 1.22. The molecule has 0 radical (unpaired) electrons. The van der Waals surface area contributed by atoms with Crippen molar-refractivity contribution in [1.29, 1.82) is 0 Å². The average Bonchev–Trinajstić information content (AvgIpc) is 3.52. The molecule has 8 heteroatoms. The number of benzene rings is 3. The van der Waals surface area contributed by atoms with Crippen LogP contribution < -0.4 is 15.1 Å². The fraction of sp³-hybridized carbons (Fsp3) is 0.276. The maximum atomic E-state index is 13.4. The van der Waals surface area contributed by atoms with E-state index in [-0.39, 0.29) is 18.9 Å². The molecule has 0 aliphatic carbocycles. The van der Waals surface area contributed by atoms with Crippen LogP contribution in [0.15, 0.2) is 60.7 Å². The Morgan fingerprint density at radius 2 is 1.57 bits per heavy atom. The molecule has 0 saturated heterocycles. The molecule has 2 heterocycles. The number of hydrogen-bond donors (Lipinski definition) is 3. The summed E-state index contributed by atoms with van der Waals surface area (Å²) in [6.45, 7) is 1.93. The SMILES string of the molecule is O=CN1CCc2c(-c3cccc4c3CCN4C(=O)c3ccc(CNCC(O)CC(=O)O)cc3)cccc21. The zero-order valence-corrected chi connectivity index (χ0v) is 20.4. The van der Waals surface area contributed by atoms with Crippen LogP contribution in [0.5, 0.6) is 0 Å². The largest absolute Gasteiger partial charge is 0.481 e. The highest BCUT2D eigenvalue weighted by Gasteiger charge is 2.29. The number of carbonyl (C=O) groups is 3. The van der Waals surface area contributed by atoms with Gasteiger partial charge in [0.2, 0.25) is 6.41 Å². The molecule has 37 heavy (non-hydrogen) atoms. The van der Waals surface area contributed by atoms with E-state index in [1.807, 2.05) is 41.3 Å². The number of anilines is 2. The van der Waals surface area contributed by atoms with Gasteiger partial charge in [-0.2, -0.15) is 0 Å². The molecule has 3 aromatic rings. The van der Waals surface area contributed by atoms with E-state index in [1.54, 1.807) is 17.0 Å². The van der Waals surface area contributed by atoms with Gasteiger partial charge in [-0.3, -0.25) is 14.4 Å². The van der Waals surface area contributed by atoms with E-state index < -0.39 is 12.1 Å². The Balaban J connectivity index is 1.31. The third kappa shape index (κ3) is 4.98. The van der Waals surface area contributed by atoms with Gasteiger partial charge in [0, 0.05) is 43.1 Å². The van der Waals surface area contributed by atoms with Crippen LogP contribution in [-0.4, -0.2) is 54.2 Å². The number of fused-ring (bicyclic) bond motifs is 2. The number of carbonyl (C=O) groups excluding carboxylic acids is 2. The van der Waals surface area contributed by atoms with E-state index in [2.05, 4.69) is 17.4 Å². The van der Waals surface area contributed by atoms with Crippen LogP contribution >= 0.6 is 0 Å². The Morgan fingerprint density at radius 3 is 2.24 bits per heavy atom. The third-order valence-corrected chi connectivity index (χ3v) is 7.07. The number of nitrogens with one attached hydrogen (secondary N) is 1. The standard InChI is InChI=1S/C29H29N3O5/c33-18-31-13-11-24-22(3-1-5-26(24)31)23-4-2-6-27-25(23)12-14-32(27)29(37)20-9-7-19(8-10-20)16-30-17-21(34)15-28(35)36/h1-10,18,21,30,34H,11-17H2,(H,35,36). The van der Waals surface area contributed by atoms with Crippen molar-refractivity contribution < 1.29 is 24.6 Å². The van der Waals surface area contributed by atoms with Gasteiger partial charge in [0.1, 0.15) is 0 Å². The van der Waals surface area contributed by atoms with Gasteiger partial charge in [-0.15, -0.1) is 0 Å². The van der Waals surface area contributed by atoms with Gasteiger partial charge in [0.05, 0.1) is 12.5 Å². The van der Waals surface area contributed by atoms with Crippen molar-refractivity contribution in [2.45, 2.75) is 31.9 Å². The molecule has 2 aliphatic rings. The molecule has 0 fully saturated rings. The molecule has 5 rings (SSSR count). The molecule has 3 N–H and O–H groups in total. The van der Waals surface area contributed by atoms with Gasteiger partial charge in [0.25, 0.3) is 5.91 Å². The van der Waals surface area contributed by atoms with Crippen LogP contribution in [0.2, 0.25) is 0 Å². The Kier molecular flexibility index (Phi) is 7.03. The van der Waals surface area contributed by atoms with Crippen molar-refractivity contribution >= 4 is 29.7 Å². The highest BCUT2D eigenvalue weighted by molar-refractivity contribution is 6.08. The molecule has 0 spiro atoms. The number of rotatable bonds is 9. The van der Waals surface area contributed by atoms with Crippen molar-refractivity contribution in [2.75, 3.05) is 29.4 Å². The van der Waals surface area contributed by atoms with E-state index in [0.717, 1.165) is 52.9 Å². The van der Waals surface area contributed by atoms with E-state index >= 15 is 0 Å². The van der Waals surface area contributed by atoms with Gasteiger partial charge in [-0.05, 0) is 64.9 Å². The fourth-order valence-electron chi connectivity index (χ4n) is 5.30. The summed E-state index contributed by atoms with van der Waals surface area (Å²) in [6, 6.07) is 19.5. The maximum Gasteiger partial charge on any atom is 0.306 e. The minimum atomic E-state index is -1.04. The van der Waals surface area contributed by atoms with Crippen LogP contribution in [0, 0.1) is 0 Å². The summed E-state index contributed by atoms with van der Waals surface area (Å²) in [4.78, 5) is 39.1. The lowest BCUT2D eigenvalue weighted by Gasteiger charge is -2.19. The molecule has 3 aromatic carbocycles. The number of aliphatic carboxylic acids is 1. The highest BCUT2D eigenvalue weighted by Crippen LogP contribution is 2.41. The van der Waals surface area contributed by atoms with Crippen LogP contribution in [0.3, 0.4) is 0 Å². The second-order valence-corrected chi connectivity index (χ2v) is 9.44. The number of aliphatic hydroxyl groups excluding tert-OH is 1. The monoisotopic (exact) mass is 499 g/mol. The van der Waals surface area contributed by atoms with Crippen molar-refractivity contribution in [3.63, 3.8) is 0 Å².